The van der Waals surface area contributed by atoms with Gasteiger partial charge in [-0.3, -0.25) is 10.4 Å². The van der Waals surface area contributed by atoms with Crippen LogP contribution in [-0.4, -0.2) is 18.5 Å². The lowest BCUT2D eigenvalue weighted by Crippen LogP contribution is -2.46. The Labute approximate surface area is 92.7 Å². The predicted octanol–water partition coefficient (Wildman–Crippen LogP) is 1.38. The molecule has 0 aliphatic heterocycles. The third kappa shape index (κ3) is 5.02. The Hall–Kier alpha value is -0.770. The van der Waals surface area contributed by atoms with Gasteiger partial charge in [-0.25, -0.2) is 5.84 Å². The number of aliphatic imine (C=N–C) groups is 1. The summed E-state index contributed by atoms with van der Waals surface area (Å²) < 4.78 is 0. The number of nitrogens with zero attached hydrogens (tertiary/aromatic N) is 1. The molecule has 4 nitrogen and oxygen atoms in total. The van der Waals surface area contributed by atoms with E-state index in [1.807, 2.05) is 0 Å². The van der Waals surface area contributed by atoms with Crippen LogP contribution in [0.3, 0.4) is 0 Å². The van der Waals surface area contributed by atoms with Gasteiger partial charge in [-0.2, -0.15) is 0 Å². The summed E-state index contributed by atoms with van der Waals surface area (Å²) in [6.45, 7) is 7.28. The lowest BCUT2D eigenvalue weighted by molar-refractivity contribution is 0.427. The topological polar surface area (TPSA) is 62.4 Å². The Balaban J connectivity index is 2.40. The average Bonchev–Trinajstić information content (AvgIpc) is 2.63. The van der Waals surface area contributed by atoms with Crippen LogP contribution in [-0.2, 0) is 0 Å². The van der Waals surface area contributed by atoms with E-state index in [0.717, 1.165) is 12.5 Å². The van der Waals surface area contributed by atoms with Crippen molar-refractivity contribution < 1.29 is 0 Å². The van der Waals surface area contributed by atoms with E-state index in [1.165, 1.54) is 25.7 Å². The molecule has 1 rings (SSSR count). The van der Waals surface area contributed by atoms with E-state index in [-0.39, 0.29) is 5.41 Å². The molecular formula is C11H24N4. The lowest BCUT2D eigenvalue weighted by atomic mass is 9.97. The molecule has 0 amide bonds. The molecule has 0 spiro atoms. The zero-order chi connectivity index (χ0) is 11.3. The molecule has 4 N–H and O–H groups in total. The number of hydrogen-bond acceptors (Lipinski definition) is 2. The Morgan fingerprint density at radius 1 is 1.33 bits per heavy atom. The van der Waals surface area contributed by atoms with Gasteiger partial charge in [0.25, 0.3) is 0 Å². The maximum absolute atomic E-state index is 5.44. The van der Waals surface area contributed by atoms with Gasteiger partial charge in [0.2, 0.25) is 5.96 Å². The zero-order valence-electron chi connectivity index (χ0n) is 10.1. The smallest absolute Gasteiger partial charge is 0.205 e. The number of hydrogen-bond donors (Lipinski definition) is 3. The first-order valence-corrected chi connectivity index (χ1v) is 5.79. The van der Waals surface area contributed by atoms with E-state index in [1.54, 1.807) is 0 Å². The molecule has 15 heavy (non-hydrogen) atoms. The molecule has 1 aliphatic carbocycles. The zero-order valence-corrected chi connectivity index (χ0v) is 10.1. The van der Waals surface area contributed by atoms with Gasteiger partial charge in [0.1, 0.15) is 0 Å². The number of nitrogens with one attached hydrogen (secondary N) is 2. The van der Waals surface area contributed by atoms with E-state index in [2.05, 4.69) is 36.5 Å². The lowest BCUT2D eigenvalue weighted by Gasteiger charge is -2.18. The molecule has 0 bridgehead atoms. The summed E-state index contributed by atoms with van der Waals surface area (Å²) in [5.41, 5.74) is 2.85. The van der Waals surface area contributed by atoms with Crippen molar-refractivity contribution in [1.82, 2.24) is 10.7 Å². The first kappa shape index (κ1) is 12.3. The highest BCUT2D eigenvalue weighted by Gasteiger charge is 2.16. The van der Waals surface area contributed by atoms with Crippen molar-refractivity contribution in [3.8, 4) is 0 Å². The maximum Gasteiger partial charge on any atom is 0.205 e. The van der Waals surface area contributed by atoms with Crippen LogP contribution in [0.1, 0.15) is 46.5 Å². The van der Waals surface area contributed by atoms with Gasteiger partial charge in [0.05, 0.1) is 0 Å². The summed E-state index contributed by atoms with van der Waals surface area (Å²) in [6.07, 6.45) is 5.09. The van der Waals surface area contributed by atoms with Gasteiger partial charge in [-0.15, -0.1) is 0 Å². The van der Waals surface area contributed by atoms with Crippen LogP contribution >= 0.6 is 0 Å². The third-order valence-corrected chi connectivity index (χ3v) is 2.54. The number of guanidine groups is 1. The molecule has 0 atom stereocenters. The second-order valence-electron chi connectivity index (χ2n) is 5.50. The van der Waals surface area contributed by atoms with Crippen molar-refractivity contribution in [1.29, 1.82) is 0 Å². The normalized spacial score (nSPS) is 19.3. The Morgan fingerprint density at radius 3 is 2.40 bits per heavy atom. The molecule has 1 saturated carbocycles. The van der Waals surface area contributed by atoms with E-state index in [9.17, 15) is 0 Å². The molecule has 1 aliphatic rings. The molecule has 88 valence electrons. The molecule has 0 radical (unpaired) electrons. The van der Waals surface area contributed by atoms with Crippen LogP contribution in [0, 0.1) is 5.41 Å². The number of nitrogens with two attached hydrogens (primary N) is 1. The van der Waals surface area contributed by atoms with Crippen molar-refractivity contribution >= 4 is 5.96 Å². The van der Waals surface area contributed by atoms with Crippen LogP contribution in [0.15, 0.2) is 4.99 Å². The first-order chi connectivity index (χ1) is 7.01. The summed E-state index contributed by atoms with van der Waals surface area (Å²) in [6, 6.07) is 0.555. The van der Waals surface area contributed by atoms with Gasteiger partial charge >= 0.3 is 0 Å². The standard InChI is InChI=1S/C11H24N4/c1-11(2,3)8-13-10(15-12)14-9-6-4-5-7-9/h9H,4-8,12H2,1-3H3,(H2,13,14,15). The minimum atomic E-state index is 0.208. The molecule has 1 fully saturated rings. The van der Waals surface area contributed by atoms with Crippen LogP contribution in [0.4, 0.5) is 0 Å². The van der Waals surface area contributed by atoms with Gasteiger partial charge in [0.15, 0.2) is 0 Å². The Kier molecular flexibility index (Phi) is 4.39. The van der Waals surface area contributed by atoms with E-state index >= 15 is 0 Å². The maximum atomic E-state index is 5.44. The Morgan fingerprint density at radius 2 is 1.93 bits per heavy atom. The number of rotatable bonds is 2. The molecular weight excluding hydrogens is 188 g/mol. The van der Waals surface area contributed by atoms with E-state index in [0.29, 0.717) is 6.04 Å². The van der Waals surface area contributed by atoms with E-state index < -0.39 is 0 Å². The van der Waals surface area contributed by atoms with Crippen LogP contribution in [0.2, 0.25) is 0 Å². The predicted molar refractivity (Wildman–Crippen MR) is 64.5 cm³/mol. The molecule has 0 heterocycles. The van der Waals surface area contributed by atoms with Gasteiger partial charge < -0.3 is 5.32 Å². The summed E-state index contributed by atoms with van der Waals surface area (Å²) in [5, 5.41) is 3.35. The molecule has 0 aromatic carbocycles. The fourth-order valence-corrected chi connectivity index (χ4v) is 1.71. The molecule has 0 aromatic rings. The van der Waals surface area contributed by atoms with E-state index in [4.69, 9.17) is 5.84 Å². The van der Waals surface area contributed by atoms with Gasteiger partial charge in [0, 0.05) is 12.6 Å². The van der Waals surface area contributed by atoms with Crippen molar-refractivity contribution in [2.45, 2.75) is 52.5 Å². The van der Waals surface area contributed by atoms with Crippen molar-refractivity contribution in [2.24, 2.45) is 16.3 Å². The molecule has 4 heteroatoms. The fraction of sp³-hybridized carbons (Fsp3) is 0.909. The van der Waals surface area contributed by atoms with Crippen LogP contribution in [0.5, 0.6) is 0 Å². The second-order valence-corrected chi connectivity index (χ2v) is 5.50. The summed E-state index contributed by atoms with van der Waals surface area (Å²) in [4.78, 5) is 4.45. The molecule has 0 saturated heterocycles. The highest BCUT2D eigenvalue weighted by atomic mass is 15.3. The van der Waals surface area contributed by atoms with Gasteiger partial charge in [-0.05, 0) is 18.3 Å². The van der Waals surface area contributed by atoms with Crippen LogP contribution in [0.25, 0.3) is 0 Å². The van der Waals surface area contributed by atoms with Crippen LogP contribution < -0.4 is 16.6 Å². The summed E-state index contributed by atoms with van der Waals surface area (Å²) in [5.74, 6) is 6.17. The minimum absolute atomic E-state index is 0.208. The summed E-state index contributed by atoms with van der Waals surface area (Å²) in [7, 11) is 0. The second kappa shape index (κ2) is 5.35. The monoisotopic (exact) mass is 212 g/mol. The first-order valence-electron chi connectivity index (χ1n) is 5.79. The Bertz CT molecular complexity index is 211. The minimum Gasteiger partial charge on any atom is -0.353 e. The summed E-state index contributed by atoms with van der Waals surface area (Å²) >= 11 is 0. The van der Waals surface area contributed by atoms with Crippen molar-refractivity contribution in [3.05, 3.63) is 0 Å². The molecule has 0 aromatic heterocycles. The highest BCUT2D eigenvalue weighted by Crippen LogP contribution is 2.17. The van der Waals surface area contributed by atoms with Gasteiger partial charge in [-0.1, -0.05) is 33.6 Å². The van der Waals surface area contributed by atoms with Crippen molar-refractivity contribution in [3.63, 3.8) is 0 Å². The third-order valence-electron chi connectivity index (χ3n) is 2.54. The molecule has 0 unspecified atom stereocenters. The SMILES string of the molecule is CC(C)(C)CN=C(NN)NC1CCCC1. The highest BCUT2D eigenvalue weighted by molar-refractivity contribution is 5.79. The largest absolute Gasteiger partial charge is 0.353 e. The average molecular weight is 212 g/mol. The quantitative estimate of drug-likeness (QED) is 0.280. The fourth-order valence-electron chi connectivity index (χ4n) is 1.71. The number of hydrazine groups is 1. The van der Waals surface area contributed by atoms with Crippen molar-refractivity contribution in [2.75, 3.05) is 6.54 Å².